The number of halogens is 3. The van der Waals surface area contributed by atoms with Crippen molar-refractivity contribution < 1.29 is 23.6 Å². The highest BCUT2D eigenvalue weighted by atomic mass is 79.9. The fraction of sp³-hybridized carbons (Fsp3) is 0.143. The van der Waals surface area contributed by atoms with Gasteiger partial charge in [0.1, 0.15) is 10.7 Å². The van der Waals surface area contributed by atoms with Crippen LogP contribution in [0.2, 0.25) is 0 Å². The molecule has 0 bridgehead atoms. The number of aromatic carboxylic acids is 1. The minimum Gasteiger partial charge on any atom is -0.478 e. The molecule has 1 heterocycles. The number of carbonyl (C=O) groups is 1. The van der Waals surface area contributed by atoms with Gasteiger partial charge < -0.3 is 15.2 Å². The van der Waals surface area contributed by atoms with Crippen molar-refractivity contribution >= 4 is 27.7 Å². The van der Waals surface area contributed by atoms with E-state index in [4.69, 9.17) is 5.11 Å². The molecule has 0 aliphatic rings. The lowest BCUT2D eigenvalue weighted by Gasteiger charge is -2.05. The van der Waals surface area contributed by atoms with Gasteiger partial charge in [-0.1, -0.05) is 0 Å². The van der Waals surface area contributed by atoms with Gasteiger partial charge in [0.15, 0.2) is 0 Å². The zero-order chi connectivity index (χ0) is 12.5. The van der Waals surface area contributed by atoms with Crippen LogP contribution < -0.4 is 0 Å². The highest BCUT2D eigenvalue weighted by Gasteiger charge is 2.29. The molecule has 0 aliphatic carbocycles. The van der Waals surface area contributed by atoms with Crippen molar-refractivity contribution in [3.8, 4) is 0 Å². The molecule has 0 aromatic carbocycles. The van der Waals surface area contributed by atoms with Gasteiger partial charge in [-0.05, 0) is 25.8 Å². The van der Waals surface area contributed by atoms with Crippen molar-refractivity contribution in [3.05, 3.63) is 31.9 Å². The summed E-state index contributed by atoms with van der Waals surface area (Å²) in [5, 5.41) is 19.1. The summed E-state index contributed by atoms with van der Waals surface area (Å²) in [6, 6.07) is 0. The Kier molecular flexibility index (Phi) is 3.48. The lowest BCUT2D eigenvalue weighted by Crippen LogP contribution is -2.08. The number of pyridine rings is 1. The Bertz CT molecular complexity index is 466. The second kappa shape index (κ2) is 4.47. The average Bonchev–Trinajstić information content (AvgIpc) is 2.15. The molecular formula is C7H3BrF2N2O4. The van der Waals surface area contributed by atoms with Crippen LogP contribution in [-0.2, 0) is 0 Å². The molecule has 86 valence electrons. The van der Waals surface area contributed by atoms with Gasteiger partial charge in [0, 0.05) is 0 Å². The normalized spacial score (nSPS) is 10.5. The van der Waals surface area contributed by atoms with E-state index in [1.807, 2.05) is 0 Å². The topological polar surface area (TPSA) is 93.3 Å². The summed E-state index contributed by atoms with van der Waals surface area (Å²) in [6.45, 7) is 0. The van der Waals surface area contributed by atoms with E-state index in [2.05, 4.69) is 20.9 Å². The summed E-state index contributed by atoms with van der Waals surface area (Å²) in [7, 11) is 0. The lowest BCUT2D eigenvalue weighted by atomic mass is 10.1. The van der Waals surface area contributed by atoms with Gasteiger partial charge in [-0.3, -0.25) is 0 Å². The maximum Gasteiger partial charge on any atom is 0.378 e. The number of nitro groups is 1. The Morgan fingerprint density at radius 3 is 2.56 bits per heavy atom. The van der Waals surface area contributed by atoms with E-state index >= 15 is 0 Å². The first-order valence-electron chi connectivity index (χ1n) is 3.70. The van der Waals surface area contributed by atoms with Gasteiger partial charge in [0.25, 0.3) is 6.43 Å². The summed E-state index contributed by atoms with van der Waals surface area (Å²) < 4.78 is 24.2. The van der Waals surface area contributed by atoms with E-state index in [1.54, 1.807) is 0 Å². The number of carboxylic acids is 1. The molecule has 1 aromatic heterocycles. The molecule has 0 amide bonds. The van der Waals surface area contributed by atoms with Gasteiger partial charge in [-0.2, -0.15) is 0 Å². The monoisotopic (exact) mass is 296 g/mol. The third-order valence-corrected chi connectivity index (χ3v) is 2.40. The molecule has 0 unspecified atom stereocenters. The molecule has 9 heteroatoms. The van der Waals surface area contributed by atoms with Gasteiger partial charge in [0.2, 0.25) is 0 Å². The number of alkyl halides is 2. The molecule has 1 rings (SSSR count). The number of aromatic nitrogens is 1. The van der Waals surface area contributed by atoms with E-state index in [1.165, 1.54) is 0 Å². The largest absolute Gasteiger partial charge is 0.478 e. The molecule has 0 atom stereocenters. The average molecular weight is 297 g/mol. The van der Waals surface area contributed by atoms with Gasteiger partial charge >= 0.3 is 11.8 Å². The number of carboxylic acid groups (broad SMARTS) is 1. The van der Waals surface area contributed by atoms with E-state index in [0.29, 0.717) is 6.20 Å². The van der Waals surface area contributed by atoms with Crippen molar-refractivity contribution in [3.63, 3.8) is 0 Å². The predicted molar refractivity (Wildman–Crippen MR) is 50.5 cm³/mol. The fourth-order valence-corrected chi connectivity index (χ4v) is 1.65. The fourth-order valence-electron chi connectivity index (χ4n) is 1.00. The predicted octanol–water partition coefficient (Wildman–Crippen LogP) is 2.39. The van der Waals surface area contributed by atoms with Crippen LogP contribution in [0.1, 0.15) is 22.3 Å². The molecule has 0 aliphatic heterocycles. The van der Waals surface area contributed by atoms with E-state index in [0.717, 1.165) is 0 Å². The number of nitrogens with zero attached hydrogens (tertiary/aromatic N) is 2. The molecule has 0 saturated heterocycles. The quantitative estimate of drug-likeness (QED) is 0.683. The van der Waals surface area contributed by atoms with Gasteiger partial charge in [-0.25, -0.2) is 13.6 Å². The first-order valence-corrected chi connectivity index (χ1v) is 4.49. The molecular weight excluding hydrogens is 294 g/mol. The van der Waals surface area contributed by atoms with Crippen molar-refractivity contribution in [2.75, 3.05) is 0 Å². The standard InChI is InChI=1S/C7H3BrF2N2O4/c8-4-3(7(13)14)2(5(9)10)1-11-6(4)12(15)16/h1,5H,(H,13,14). The minimum absolute atomic E-state index is 0.483. The third-order valence-electron chi connectivity index (χ3n) is 1.65. The summed E-state index contributed by atoms with van der Waals surface area (Å²) in [4.78, 5) is 23.3. The third kappa shape index (κ3) is 2.13. The van der Waals surface area contributed by atoms with Crippen LogP contribution in [0, 0.1) is 10.1 Å². The van der Waals surface area contributed by atoms with Crippen molar-refractivity contribution in [2.45, 2.75) is 6.43 Å². The highest BCUT2D eigenvalue weighted by molar-refractivity contribution is 9.10. The smallest absolute Gasteiger partial charge is 0.378 e. The minimum atomic E-state index is -3.07. The van der Waals surface area contributed by atoms with E-state index in [-0.39, 0.29) is 0 Å². The Hall–Kier alpha value is -1.64. The number of rotatable bonds is 3. The van der Waals surface area contributed by atoms with E-state index in [9.17, 15) is 23.7 Å². The maximum absolute atomic E-state index is 12.4. The molecule has 0 spiro atoms. The number of hydrogen-bond donors (Lipinski definition) is 1. The lowest BCUT2D eigenvalue weighted by molar-refractivity contribution is -0.390. The van der Waals surface area contributed by atoms with Crippen LogP contribution in [0.5, 0.6) is 0 Å². The second-order valence-electron chi connectivity index (χ2n) is 2.59. The van der Waals surface area contributed by atoms with Crippen LogP contribution >= 0.6 is 15.9 Å². The van der Waals surface area contributed by atoms with Gasteiger partial charge in [-0.15, -0.1) is 0 Å². The van der Waals surface area contributed by atoms with Crippen molar-refractivity contribution in [1.82, 2.24) is 4.98 Å². The molecule has 1 aromatic rings. The number of hydrogen-bond acceptors (Lipinski definition) is 4. The Labute approximate surface area is 95.2 Å². The van der Waals surface area contributed by atoms with Crippen LogP contribution in [0.25, 0.3) is 0 Å². The summed E-state index contributed by atoms with van der Waals surface area (Å²) in [6.07, 6.45) is -2.59. The Morgan fingerprint density at radius 1 is 1.62 bits per heavy atom. The molecule has 1 N–H and O–H groups in total. The molecule has 0 fully saturated rings. The van der Waals surface area contributed by atoms with E-state index < -0.39 is 38.7 Å². The summed E-state index contributed by atoms with van der Waals surface area (Å²) in [5.41, 5.74) is -1.72. The van der Waals surface area contributed by atoms with Crippen LogP contribution in [-0.4, -0.2) is 21.0 Å². The zero-order valence-electron chi connectivity index (χ0n) is 7.35. The summed E-state index contributed by atoms with van der Waals surface area (Å²) >= 11 is 2.58. The molecule has 6 nitrogen and oxygen atoms in total. The van der Waals surface area contributed by atoms with Crippen molar-refractivity contribution in [2.24, 2.45) is 0 Å². The second-order valence-corrected chi connectivity index (χ2v) is 3.38. The Morgan fingerprint density at radius 2 is 2.19 bits per heavy atom. The summed E-state index contributed by atoms with van der Waals surface area (Å²) in [5.74, 6) is -2.51. The van der Waals surface area contributed by atoms with Crippen LogP contribution in [0.3, 0.4) is 0 Å². The highest BCUT2D eigenvalue weighted by Crippen LogP contribution is 2.33. The van der Waals surface area contributed by atoms with Gasteiger partial charge in [0.05, 0.1) is 11.1 Å². The zero-order valence-corrected chi connectivity index (χ0v) is 8.94. The van der Waals surface area contributed by atoms with Crippen LogP contribution in [0.15, 0.2) is 10.7 Å². The first-order chi connectivity index (χ1) is 7.36. The molecule has 16 heavy (non-hydrogen) atoms. The molecule has 0 saturated carbocycles. The maximum atomic E-state index is 12.4. The van der Waals surface area contributed by atoms with Crippen molar-refractivity contribution in [1.29, 1.82) is 0 Å². The van der Waals surface area contributed by atoms with Crippen LogP contribution in [0.4, 0.5) is 14.6 Å². The SMILES string of the molecule is O=C(O)c1c(C(F)F)cnc([N+](=O)[O-])c1Br. The first kappa shape index (κ1) is 12.4. The molecule has 0 radical (unpaired) electrons. The Balaban J connectivity index is 3.54.